The summed E-state index contributed by atoms with van der Waals surface area (Å²) < 4.78 is 3.14. The first-order valence-electron chi connectivity index (χ1n) is 6.30. The van der Waals surface area contributed by atoms with Gasteiger partial charge in [0.2, 0.25) is 4.96 Å². The lowest BCUT2D eigenvalue weighted by Crippen LogP contribution is -1.95. The maximum Gasteiger partial charge on any atom is 0.335 e. The van der Waals surface area contributed by atoms with Gasteiger partial charge in [-0.15, -0.1) is 10.2 Å². The van der Waals surface area contributed by atoms with Crippen LogP contribution in [0.4, 0.5) is 0 Å². The van der Waals surface area contributed by atoms with Gasteiger partial charge in [0.25, 0.3) is 0 Å². The fraction of sp³-hybridized carbons (Fsp3) is 0. The molecule has 1 N–H and O–H groups in total. The molecule has 102 valence electrons. The summed E-state index contributed by atoms with van der Waals surface area (Å²) in [7, 11) is 0. The Morgan fingerprint density at radius 1 is 1.05 bits per heavy atom. The van der Waals surface area contributed by atoms with E-state index in [9.17, 15) is 4.79 Å². The van der Waals surface area contributed by atoms with E-state index in [1.807, 2.05) is 28.7 Å². The van der Waals surface area contributed by atoms with Gasteiger partial charge in [-0.2, -0.15) is 0 Å². The van der Waals surface area contributed by atoms with E-state index in [-0.39, 0.29) is 5.56 Å². The molecule has 0 aliphatic heterocycles. The maximum absolute atomic E-state index is 10.9. The van der Waals surface area contributed by atoms with E-state index in [0.29, 0.717) is 0 Å². The average Bonchev–Trinajstić information content (AvgIpc) is 3.06. The Labute approximate surface area is 123 Å². The van der Waals surface area contributed by atoms with Crippen LogP contribution in [0.1, 0.15) is 10.4 Å². The average molecular weight is 295 g/mol. The highest BCUT2D eigenvalue weighted by atomic mass is 32.1. The van der Waals surface area contributed by atoms with E-state index in [1.165, 1.54) is 0 Å². The van der Waals surface area contributed by atoms with E-state index in [4.69, 9.17) is 5.11 Å². The zero-order chi connectivity index (χ0) is 14.4. The predicted octanol–water partition coefficient (Wildman–Crippen LogP) is 3.31. The molecule has 6 heteroatoms. The number of carbonyl (C=O) groups is 1. The summed E-state index contributed by atoms with van der Waals surface area (Å²) in [4.78, 5) is 11.7. The van der Waals surface area contributed by atoms with Crippen molar-refractivity contribution in [3.8, 4) is 11.4 Å². The number of para-hydroxylation sites is 1. The van der Waals surface area contributed by atoms with Crippen molar-refractivity contribution in [1.82, 2.24) is 14.6 Å². The Morgan fingerprint density at radius 3 is 2.57 bits per heavy atom. The van der Waals surface area contributed by atoms with E-state index in [2.05, 4.69) is 10.2 Å². The molecule has 4 rings (SSSR count). The molecule has 0 amide bonds. The second kappa shape index (κ2) is 4.39. The number of thiazole rings is 1. The highest BCUT2D eigenvalue weighted by Crippen LogP contribution is 2.29. The first-order valence-corrected chi connectivity index (χ1v) is 7.12. The van der Waals surface area contributed by atoms with Crippen LogP contribution in [0, 0.1) is 0 Å². The number of aromatic nitrogens is 3. The second-order valence-electron chi connectivity index (χ2n) is 4.59. The van der Waals surface area contributed by atoms with Crippen LogP contribution in [0.25, 0.3) is 26.6 Å². The molecule has 2 heterocycles. The van der Waals surface area contributed by atoms with Crippen LogP contribution >= 0.6 is 11.3 Å². The zero-order valence-electron chi connectivity index (χ0n) is 10.7. The molecule has 0 aliphatic carbocycles. The van der Waals surface area contributed by atoms with Gasteiger partial charge in [0.15, 0.2) is 5.82 Å². The largest absolute Gasteiger partial charge is 0.478 e. The van der Waals surface area contributed by atoms with Crippen LogP contribution in [0.3, 0.4) is 0 Å². The third-order valence-electron chi connectivity index (χ3n) is 3.33. The van der Waals surface area contributed by atoms with Crippen LogP contribution in [0.2, 0.25) is 0 Å². The third-order valence-corrected chi connectivity index (χ3v) is 4.34. The van der Waals surface area contributed by atoms with Crippen LogP contribution in [-0.4, -0.2) is 25.7 Å². The van der Waals surface area contributed by atoms with Crippen molar-refractivity contribution in [2.75, 3.05) is 0 Å². The molecule has 0 radical (unpaired) electrons. The van der Waals surface area contributed by atoms with E-state index in [1.54, 1.807) is 35.6 Å². The summed E-state index contributed by atoms with van der Waals surface area (Å²) in [6.07, 6.45) is 0. The molecule has 21 heavy (non-hydrogen) atoms. The summed E-state index contributed by atoms with van der Waals surface area (Å²) >= 11 is 1.58. The molecule has 2 aromatic heterocycles. The van der Waals surface area contributed by atoms with Gasteiger partial charge in [-0.25, -0.2) is 4.79 Å². The first kappa shape index (κ1) is 12.0. The number of benzene rings is 2. The van der Waals surface area contributed by atoms with Crippen molar-refractivity contribution >= 4 is 32.5 Å². The summed E-state index contributed by atoms with van der Waals surface area (Å²) in [5.41, 5.74) is 2.16. The van der Waals surface area contributed by atoms with Gasteiger partial charge in [-0.05, 0) is 24.3 Å². The van der Waals surface area contributed by atoms with Gasteiger partial charge in [-0.3, -0.25) is 4.40 Å². The van der Waals surface area contributed by atoms with Crippen LogP contribution in [0.15, 0.2) is 48.5 Å². The Bertz CT molecular complexity index is 970. The Kier molecular flexibility index (Phi) is 2.52. The molecule has 0 saturated carbocycles. The van der Waals surface area contributed by atoms with E-state index >= 15 is 0 Å². The van der Waals surface area contributed by atoms with Gasteiger partial charge in [0.05, 0.1) is 15.8 Å². The number of aromatic carboxylic acids is 1. The predicted molar refractivity (Wildman–Crippen MR) is 80.8 cm³/mol. The molecule has 0 atom stereocenters. The monoisotopic (exact) mass is 295 g/mol. The third kappa shape index (κ3) is 1.80. The molecule has 0 spiro atoms. The number of carboxylic acids is 1. The van der Waals surface area contributed by atoms with Gasteiger partial charge < -0.3 is 5.11 Å². The molecule has 5 nitrogen and oxygen atoms in total. The van der Waals surface area contributed by atoms with Gasteiger partial charge in [-0.1, -0.05) is 35.6 Å². The fourth-order valence-electron chi connectivity index (χ4n) is 2.33. The van der Waals surface area contributed by atoms with Crippen molar-refractivity contribution < 1.29 is 9.90 Å². The molecule has 0 fully saturated rings. The minimum absolute atomic E-state index is 0.259. The molecular weight excluding hydrogens is 286 g/mol. The first-order chi connectivity index (χ1) is 10.2. The standard InChI is InChI=1S/C15H9N3O2S/c19-14(20)10-7-5-9(6-8-10)13-16-17-15-18(13)11-3-1-2-4-12(11)21-15/h1-8H,(H,19,20). The SMILES string of the molecule is O=C(O)c1ccc(-c2nnc3sc4ccccc4n23)cc1. The van der Waals surface area contributed by atoms with E-state index < -0.39 is 5.97 Å². The maximum atomic E-state index is 10.9. The molecule has 0 saturated heterocycles. The van der Waals surface area contributed by atoms with Crippen LogP contribution in [0.5, 0.6) is 0 Å². The molecule has 0 unspecified atom stereocenters. The number of nitrogens with zero attached hydrogens (tertiary/aromatic N) is 3. The van der Waals surface area contributed by atoms with Crippen molar-refractivity contribution in [1.29, 1.82) is 0 Å². The number of hydrogen-bond acceptors (Lipinski definition) is 4. The number of rotatable bonds is 2. The van der Waals surface area contributed by atoms with Crippen LogP contribution < -0.4 is 0 Å². The highest BCUT2D eigenvalue weighted by molar-refractivity contribution is 7.23. The molecule has 2 aromatic carbocycles. The van der Waals surface area contributed by atoms with Crippen molar-refractivity contribution in [3.05, 3.63) is 54.1 Å². The van der Waals surface area contributed by atoms with Gasteiger partial charge in [0, 0.05) is 5.56 Å². The molecule has 0 aliphatic rings. The normalized spacial score (nSPS) is 11.2. The minimum atomic E-state index is -0.936. The number of fused-ring (bicyclic) bond motifs is 3. The molecular formula is C15H9N3O2S. The lowest BCUT2D eigenvalue weighted by atomic mass is 10.1. The minimum Gasteiger partial charge on any atom is -0.478 e. The Hall–Kier alpha value is -2.73. The summed E-state index contributed by atoms with van der Waals surface area (Å²) in [6.45, 7) is 0. The summed E-state index contributed by atoms with van der Waals surface area (Å²) in [5, 5.41) is 17.4. The topological polar surface area (TPSA) is 67.5 Å². The zero-order valence-corrected chi connectivity index (χ0v) is 11.5. The smallest absolute Gasteiger partial charge is 0.335 e. The summed E-state index contributed by atoms with van der Waals surface area (Å²) in [5.74, 6) is -0.215. The lowest BCUT2D eigenvalue weighted by molar-refractivity contribution is 0.0697. The Morgan fingerprint density at radius 2 is 1.81 bits per heavy atom. The summed E-state index contributed by atoms with van der Waals surface area (Å²) in [6, 6.07) is 14.7. The van der Waals surface area contributed by atoms with Gasteiger partial charge >= 0.3 is 5.97 Å². The number of hydrogen-bond donors (Lipinski definition) is 1. The van der Waals surface area contributed by atoms with Crippen molar-refractivity contribution in [2.45, 2.75) is 0 Å². The highest BCUT2D eigenvalue weighted by Gasteiger charge is 2.14. The number of carboxylic acid groups (broad SMARTS) is 1. The molecule has 0 bridgehead atoms. The van der Waals surface area contributed by atoms with Crippen LogP contribution in [-0.2, 0) is 0 Å². The second-order valence-corrected chi connectivity index (χ2v) is 5.60. The van der Waals surface area contributed by atoms with E-state index in [0.717, 1.165) is 26.6 Å². The van der Waals surface area contributed by atoms with Gasteiger partial charge in [0.1, 0.15) is 0 Å². The Balaban J connectivity index is 1.95. The fourth-order valence-corrected chi connectivity index (χ4v) is 3.29. The lowest BCUT2D eigenvalue weighted by Gasteiger charge is -2.00. The van der Waals surface area contributed by atoms with Crippen molar-refractivity contribution in [2.24, 2.45) is 0 Å². The quantitative estimate of drug-likeness (QED) is 0.616. The molecule has 4 aromatic rings. The van der Waals surface area contributed by atoms with Crippen molar-refractivity contribution in [3.63, 3.8) is 0 Å².